The van der Waals surface area contributed by atoms with Gasteiger partial charge in [0.15, 0.2) is 0 Å². The van der Waals surface area contributed by atoms with Crippen molar-refractivity contribution in [3.8, 4) is 11.4 Å². The highest BCUT2D eigenvalue weighted by molar-refractivity contribution is 7.07. The van der Waals surface area contributed by atoms with Crippen molar-refractivity contribution >= 4 is 17.1 Å². The summed E-state index contributed by atoms with van der Waals surface area (Å²) < 4.78 is 1.96. The van der Waals surface area contributed by atoms with Crippen LogP contribution in [-0.4, -0.2) is 19.4 Å². The average molecular weight is 216 g/mol. The number of imidazole rings is 1. The first kappa shape index (κ1) is 8.55. The Hall–Kier alpha value is -1.75. The van der Waals surface area contributed by atoms with Gasteiger partial charge in [0.2, 0.25) is 5.78 Å². The molecule has 0 spiro atoms. The van der Waals surface area contributed by atoms with Crippen LogP contribution in [0.25, 0.3) is 17.2 Å². The summed E-state index contributed by atoms with van der Waals surface area (Å²) in [6, 6.07) is 0. The Labute approximate surface area is 90.3 Å². The molecule has 0 saturated carbocycles. The van der Waals surface area contributed by atoms with E-state index in [0.29, 0.717) is 5.78 Å². The predicted molar refractivity (Wildman–Crippen MR) is 58.8 cm³/mol. The van der Waals surface area contributed by atoms with Gasteiger partial charge in [-0.05, 0) is 12.5 Å². The van der Waals surface area contributed by atoms with E-state index in [9.17, 15) is 0 Å². The molecule has 3 heterocycles. The zero-order valence-electron chi connectivity index (χ0n) is 8.08. The summed E-state index contributed by atoms with van der Waals surface area (Å²) in [6.45, 7) is 2.01. The van der Waals surface area contributed by atoms with Crippen LogP contribution >= 0.6 is 11.3 Å². The van der Waals surface area contributed by atoms with Crippen molar-refractivity contribution in [3.05, 3.63) is 35.0 Å². The number of fused-ring (bicyclic) bond motifs is 1. The summed E-state index contributed by atoms with van der Waals surface area (Å²) in [5.74, 6) is 0.712. The largest absolute Gasteiger partial charge is 0.282 e. The summed E-state index contributed by atoms with van der Waals surface area (Å²) in [4.78, 5) is 12.7. The molecule has 0 atom stereocenters. The van der Waals surface area contributed by atoms with Crippen LogP contribution in [0.1, 0.15) is 5.56 Å². The molecule has 0 amide bonds. The number of hydrogen-bond acceptors (Lipinski definition) is 4. The van der Waals surface area contributed by atoms with Crippen molar-refractivity contribution in [2.45, 2.75) is 6.92 Å². The summed E-state index contributed by atoms with van der Waals surface area (Å²) in [5.41, 5.74) is 4.86. The average Bonchev–Trinajstić information content (AvgIpc) is 2.83. The molecule has 0 fully saturated rings. The molecule has 0 aliphatic carbocycles. The molecular weight excluding hydrogens is 208 g/mol. The molecule has 0 radical (unpaired) electrons. The second-order valence-electron chi connectivity index (χ2n) is 3.32. The summed E-state index contributed by atoms with van der Waals surface area (Å²) >= 11 is 1.58. The minimum Gasteiger partial charge on any atom is -0.282 e. The van der Waals surface area contributed by atoms with E-state index in [-0.39, 0.29) is 0 Å². The summed E-state index contributed by atoms with van der Waals surface area (Å²) in [7, 11) is 0. The molecule has 0 aliphatic heterocycles. The van der Waals surface area contributed by atoms with E-state index in [2.05, 4.69) is 15.0 Å². The lowest BCUT2D eigenvalue weighted by Gasteiger charge is -1.98. The smallest absolute Gasteiger partial charge is 0.234 e. The number of hydrogen-bond donors (Lipinski definition) is 0. The van der Waals surface area contributed by atoms with Crippen molar-refractivity contribution in [2.24, 2.45) is 0 Å². The van der Waals surface area contributed by atoms with E-state index in [0.717, 1.165) is 17.0 Å². The lowest BCUT2D eigenvalue weighted by molar-refractivity contribution is 1.08. The Bertz CT molecular complexity index is 597. The monoisotopic (exact) mass is 216 g/mol. The molecule has 74 valence electrons. The standard InChI is InChI=1S/C10H8N4S/c1-7-2-11-10-12-3-9(14(10)4-7)8-5-15-6-13-8/h2-6H,1H3. The van der Waals surface area contributed by atoms with Gasteiger partial charge in [-0.15, -0.1) is 11.3 Å². The number of aryl methyl sites for hydroxylation is 1. The minimum atomic E-state index is 0.712. The van der Waals surface area contributed by atoms with Crippen LogP contribution in [0, 0.1) is 6.92 Å². The Morgan fingerprint density at radius 2 is 2.07 bits per heavy atom. The molecule has 3 aromatic rings. The zero-order valence-corrected chi connectivity index (χ0v) is 8.90. The van der Waals surface area contributed by atoms with Crippen LogP contribution in [0.4, 0.5) is 0 Å². The van der Waals surface area contributed by atoms with Crippen molar-refractivity contribution < 1.29 is 0 Å². The van der Waals surface area contributed by atoms with Crippen LogP contribution in [0.5, 0.6) is 0 Å². The van der Waals surface area contributed by atoms with Crippen molar-refractivity contribution in [3.63, 3.8) is 0 Å². The predicted octanol–water partition coefficient (Wildman–Crippen LogP) is 2.16. The first-order valence-corrected chi connectivity index (χ1v) is 5.47. The van der Waals surface area contributed by atoms with Gasteiger partial charge >= 0.3 is 0 Å². The van der Waals surface area contributed by atoms with Gasteiger partial charge in [-0.2, -0.15) is 0 Å². The molecule has 0 N–H and O–H groups in total. The topological polar surface area (TPSA) is 43.1 Å². The number of rotatable bonds is 1. The highest BCUT2D eigenvalue weighted by Crippen LogP contribution is 2.19. The van der Waals surface area contributed by atoms with Gasteiger partial charge in [-0.3, -0.25) is 4.40 Å². The van der Waals surface area contributed by atoms with Crippen LogP contribution < -0.4 is 0 Å². The van der Waals surface area contributed by atoms with E-state index >= 15 is 0 Å². The quantitative estimate of drug-likeness (QED) is 0.626. The highest BCUT2D eigenvalue weighted by Gasteiger charge is 2.07. The van der Waals surface area contributed by atoms with E-state index in [4.69, 9.17) is 0 Å². The zero-order chi connectivity index (χ0) is 10.3. The summed E-state index contributed by atoms with van der Waals surface area (Å²) in [6.07, 6.45) is 5.63. The third-order valence-electron chi connectivity index (χ3n) is 2.19. The SMILES string of the molecule is Cc1cnc2ncc(-c3cscn3)n2c1. The van der Waals surface area contributed by atoms with E-state index in [1.54, 1.807) is 17.5 Å². The molecular formula is C10H8N4S. The van der Waals surface area contributed by atoms with Crippen LogP contribution in [0.2, 0.25) is 0 Å². The van der Waals surface area contributed by atoms with Gasteiger partial charge < -0.3 is 0 Å². The lowest BCUT2D eigenvalue weighted by atomic mass is 10.3. The molecule has 3 rings (SSSR count). The lowest BCUT2D eigenvalue weighted by Crippen LogP contribution is -1.92. The van der Waals surface area contributed by atoms with E-state index in [1.807, 2.05) is 34.6 Å². The maximum absolute atomic E-state index is 4.27. The van der Waals surface area contributed by atoms with Crippen LogP contribution in [-0.2, 0) is 0 Å². The minimum absolute atomic E-state index is 0.712. The fourth-order valence-electron chi connectivity index (χ4n) is 1.50. The molecule has 15 heavy (non-hydrogen) atoms. The van der Waals surface area contributed by atoms with Gasteiger partial charge in [-0.25, -0.2) is 15.0 Å². The Morgan fingerprint density at radius 3 is 2.87 bits per heavy atom. The van der Waals surface area contributed by atoms with E-state index in [1.165, 1.54) is 0 Å². The third-order valence-corrected chi connectivity index (χ3v) is 2.77. The normalized spacial score (nSPS) is 11.0. The Morgan fingerprint density at radius 1 is 1.20 bits per heavy atom. The fraction of sp³-hybridized carbons (Fsp3) is 0.100. The van der Waals surface area contributed by atoms with Gasteiger partial charge in [0, 0.05) is 17.8 Å². The molecule has 0 saturated heterocycles. The fourth-order valence-corrected chi connectivity index (χ4v) is 2.04. The van der Waals surface area contributed by atoms with Gasteiger partial charge in [0.05, 0.1) is 23.1 Å². The molecule has 0 aliphatic rings. The van der Waals surface area contributed by atoms with Crippen LogP contribution in [0.3, 0.4) is 0 Å². The number of thiazole rings is 1. The third kappa shape index (κ3) is 1.32. The Kier molecular flexibility index (Phi) is 1.78. The molecule has 4 nitrogen and oxygen atoms in total. The summed E-state index contributed by atoms with van der Waals surface area (Å²) in [5, 5.41) is 2.01. The van der Waals surface area contributed by atoms with Gasteiger partial charge in [0.1, 0.15) is 0 Å². The van der Waals surface area contributed by atoms with Crippen molar-refractivity contribution in [1.82, 2.24) is 19.4 Å². The Balaban J connectivity index is 2.32. The molecule has 3 aromatic heterocycles. The van der Waals surface area contributed by atoms with Crippen molar-refractivity contribution in [2.75, 3.05) is 0 Å². The van der Waals surface area contributed by atoms with Crippen molar-refractivity contribution in [1.29, 1.82) is 0 Å². The second-order valence-corrected chi connectivity index (χ2v) is 4.04. The van der Waals surface area contributed by atoms with E-state index < -0.39 is 0 Å². The van der Waals surface area contributed by atoms with Gasteiger partial charge in [-0.1, -0.05) is 0 Å². The number of nitrogens with zero attached hydrogens (tertiary/aromatic N) is 4. The molecule has 0 aromatic carbocycles. The first-order chi connectivity index (χ1) is 7.34. The molecule has 0 bridgehead atoms. The second kappa shape index (κ2) is 3.13. The molecule has 5 heteroatoms. The molecule has 0 unspecified atom stereocenters. The van der Waals surface area contributed by atoms with Gasteiger partial charge in [0.25, 0.3) is 0 Å². The maximum Gasteiger partial charge on any atom is 0.234 e. The maximum atomic E-state index is 4.27. The highest BCUT2D eigenvalue weighted by atomic mass is 32.1. The number of aromatic nitrogens is 4. The van der Waals surface area contributed by atoms with Crippen LogP contribution in [0.15, 0.2) is 29.5 Å². The first-order valence-electron chi connectivity index (χ1n) is 4.53.